The zero-order valence-corrected chi connectivity index (χ0v) is 12.2. The molecule has 1 heterocycles. The number of nitrogens with one attached hydrogen (secondary N) is 1. The normalized spacial score (nSPS) is 9.90. The first-order chi connectivity index (χ1) is 9.31. The van der Waals surface area contributed by atoms with Crippen LogP contribution in [-0.2, 0) is 13.1 Å². The van der Waals surface area contributed by atoms with E-state index >= 15 is 0 Å². The number of anilines is 1. The molecule has 0 unspecified atom stereocenters. The maximum Gasteiger partial charge on any atom is 0.119 e. The Morgan fingerprint density at radius 1 is 1.30 bits per heavy atom. The van der Waals surface area contributed by atoms with Gasteiger partial charge in [-0.25, -0.2) is 4.39 Å². The average molecular weight is 300 g/mol. The fourth-order valence-corrected chi connectivity index (χ4v) is 1.74. The predicted molar refractivity (Wildman–Crippen MR) is 80.4 cm³/mol. The second kappa shape index (κ2) is 8.43. The number of aryl methyl sites for hydroxylation is 1. The fourth-order valence-electron chi connectivity index (χ4n) is 1.74. The summed E-state index contributed by atoms with van der Waals surface area (Å²) in [5, 5.41) is 7.30. The number of hydrogen-bond acceptors (Lipinski definition) is 3. The summed E-state index contributed by atoms with van der Waals surface area (Å²) in [6.45, 7) is 3.23. The summed E-state index contributed by atoms with van der Waals surface area (Å²) in [5.41, 5.74) is 2.05. The summed E-state index contributed by atoms with van der Waals surface area (Å²) < 4.78 is 19.1. The number of hydrogen-bond donors (Lipinski definition) is 1. The molecule has 1 N–H and O–H groups in total. The van der Waals surface area contributed by atoms with Crippen LogP contribution in [0.2, 0.25) is 0 Å². The molecular weight excluding hydrogens is 281 g/mol. The molecule has 0 aliphatic rings. The third-order valence-electron chi connectivity index (χ3n) is 2.68. The molecule has 4 nitrogen and oxygen atoms in total. The van der Waals surface area contributed by atoms with E-state index in [0.29, 0.717) is 19.7 Å². The van der Waals surface area contributed by atoms with Gasteiger partial charge >= 0.3 is 0 Å². The van der Waals surface area contributed by atoms with Crippen molar-refractivity contribution >= 4 is 18.1 Å². The molecule has 20 heavy (non-hydrogen) atoms. The van der Waals surface area contributed by atoms with Gasteiger partial charge in [0.2, 0.25) is 0 Å². The molecule has 0 saturated carbocycles. The molecule has 0 bridgehead atoms. The number of ether oxygens (including phenoxy) is 1. The Labute approximate surface area is 124 Å². The van der Waals surface area contributed by atoms with Crippen molar-refractivity contribution in [3.63, 3.8) is 0 Å². The Morgan fingerprint density at radius 3 is 2.70 bits per heavy atom. The Kier molecular flexibility index (Phi) is 6.87. The monoisotopic (exact) mass is 299 g/mol. The molecule has 0 aliphatic heterocycles. The maximum atomic E-state index is 12.1. The predicted octanol–water partition coefficient (Wildman–Crippen LogP) is 3.29. The van der Waals surface area contributed by atoms with Gasteiger partial charge in [-0.15, -0.1) is 12.4 Å². The van der Waals surface area contributed by atoms with Crippen molar-refractivity contribution in [2.75, 3.05) is 18.6 Å². The van der Waals surface area contributed by atoms with Crippen LogP contribution in [-0.4, -0.2) is 23.1 Å². The van der Waals surface area contributed by atoms with Gasteiger partial charge in [0.15, 0.2) is 0 Å². The zero-order valence-electron chi connectivity index (χ0n) is 11.4. The van der Waals surface area contributed by atoms with Crippen LogP contribution < -0.4 is 10.1 Å². The van der Waals surface area contributed by atoms with Crippen LogP contribution >= 0.6 is 12.4 Å². The summed E-state index contributed by atoms with van der Waals surface area (Å²) in [7, 11) is 0. The first-order valence-electron chi connectivity index (χ1n) is 6.36. The summed E-state index contributed by atoms with van der Waals surface area (Å²) >= 11 is 0. The van der Waals surface area contributed by atoms with E-state index in [2.05, 4.69) is 10.4 Å². The lowest BCUT2D eigenvalue weighted by Crippen LogP contribution is -2.00. The quantitative estimate of drug-likeness (QED) is 0.853. The topological polar surface area (TPSA) is 39.1 Å². The molecule has 0 radical (unpaired) electrons. The van der Waals surface area contributed by atoms with Gasteiger partial charge < -0.3 is 10.1 Å². The second-order valence-electron chi connectivity index (χ2n) is 4.11. The van der Waals surface area contributed by atoms with Gasteiger partial charge in [0.1, 0.15) is 12.4 Å². The van der Waals surface area contributed by atoms with Gasteiger partial charge in [-0.05, 0) is 24.6 Å². The summed E-state index contributed by atoms with van der Waals surface area (Å²) in [6, 6.07) is 7.94. The number of alkyl halides is 1. The smallest absolute Gasteiger partial charge is 0.119 e. The molecule has 1 aromatic carbocycles. The highest BCUT2D eigenvalue weighted by Crippen LogP contribution is 2.13. The van der Waals surface area contributed by atoms with E-state index in [9.17, 15) is 4.39 Å². The van der Waals surface area contributed by atoms with Crippen LogP contribution in [0.15, 0.2) is 36.7 Å². The molecule has 1 aromatic heterocycles. The molecular formula is C14H19ClFN3O. The highest BCUT2D eigenvalue weighted by Gasteiger charge is 1.99. The van der Waals surface area contributed by atoms with Crippen molar-refractivity contribution in [2.45, 2.75) is 20.0 Å². The molecule has 6 heteroatoms. The van der Waals surface area contributed by atoms with Crippen LogP contribution in [0.3, 0.4) is 0 Å². The number of aromatic nitrogens is 2. The third-order valence-corrected chi connectivity index (χ3v) is 2.68. The lowest BCUT2D eigenvalue weighted by atomic mass is 10.2. The lowest BCUT2D eigenvalue weighted by molar-refractivity contribution is 0.340. The number of rotatable bonds is 7. The Bertz CT molecular complexity index is 501. The minimum atomic E-state index is -0.403. The van der Waals surface area contributed by atoms with Crippen molar-refractivity contribution in [3.05, 3.63) is 42.2 Å². The first kappa shape index (κ1) is 16.3. The van der Waals surface area contributed by atoms with Crippen molar-refractivity contribution < 1.29 is 9.13 Å². The van der Waals surface area contributed by atoms with Gasteiger partial charge in [-0.2, -0.15) is 5.10 Å². The molecule has 0 saturated heterocycles. The van der Waals surface area contributed by atoms with Crippen molar-refractivity contribution in [1.29, 1.82) is 0 Å². The third kappa shape index (κ3) is 4.74. The highest BCUT2D eigenvalue weighted by molar-refractivity contribution is 5.85. The Hall–Kier alpha value is -1.75. The van der Waals surface area contributed by atoms with Crippen LogP contribution in [0.5, 0.6) is 5.75 Å². The van der Waals surface area contributed by atoms with E-state index < -0.39 is 6.67 Å². The number of nitrogens with zero attached hydrogens (tertiary/aromatic N) is 2. The second-order valence-corrected chi connectivity index (χ2v) is 4.11. The van der Waals surface area contributed by atoms with Crippen LogP contribution in [0.25, 0.3) is 0 Å². The number of benzene rings is 1. The average Bonchev–Trinajstić information content (AvgIpc) is 2.87. The van der Waals surface area contributed by atoms with Crippen molar-refractivity contribution in [3.8, 4) is 5.75 Å². The lowest BCUT2D eigenvalue weighted by Gasteiger charge is -2.06. The first-order valence-corrected chi connectivity index (χ1v) is 6.36. The summed E-state index contributed by atoms with van der Waals surface area (Å²) in [5.74, 6) is 0.877. The molecule has 0 spiro atoms. The van der Waals surface area contributed by atoms with Gasteiger partial charge in [-0.1, -0.05) is 12.1 Å². The van der Waals surface area contributed by atoms with Crippen molar-refractivity contribution in [2.24, 2.45) is 0 Å². The minimum Gasteiger partial charge on any atom is -0.494 e. The van der Waals surface area contributed by atoms with Crippen LogP contribution in [0.4, 0.5) is 10.1 Å². The van der Waals surface area contributed by atoms with E-state index in [1.54, 1.807) is 17.1 Å². The van der Waals surface area contributed by atoms with Crippen molar-refractivity contribution in [1.82, 2.24) is 9.78 Å². The Morgan fingerprint density at radius 2 is 2.05 bits per heavy atom. The zero-order chi connectivity index (χ0) is 13.5. The van der Waals surface area contributed by atoms with E-state index in [4.69, 9.17) is 4.74 Å². The molecule has 0 atom stereocenters. The van der Waals surface area contributed by atoms with Crippen LogP contribution in [0, 0.1) is 0 Å². The van der Waals surface area contributed by atoms with Gasteiger partial charge in [-0.3, -0.25) is 4.68 Å². The molecule has 2 rings (SSSR count). The largest absolute Gasteiger partial charge is 0.494 e. The molecule has 110 valence electrons. The highest BCUT2D eigenvalue weighted by atomic mass is 35.5. The SMILES string of the molecule is CCOc1ccc(CNc2cnn(CCF)c2)cc1.Cl. The van der Waals surface area contributed by atoms with Crippen LogP contribution in [0.1, 0.15) is 12.5 Å². The molecule has 0 amide bonds. The van der Waals surface area contributed by atoms with E-state index in [1.165, 1.54) is 0 Å². The summed E-state index contributed by atoms with van der Waals surface area (Å²) in [6.07, 6.45) is 3.50. The van der Waals surface area contributed by atoms with Gasteiger partial charge in [0.05, 0.1) is 25.0 Å². The molecule has 0 aliphatic carbocycles. The van der Waals surface area contributed by atoms with Gasteiger partial charge in [0, 0.05) is 12.7 Å². The van der Waals surface area contributed by atoms with E-state index in [0.717, 1.165) is 17.0 Å². The minimum absolute atomic E-state index is 0. The maximum absolute atomic E-state index is 12.1. The molecule has 2 aromatic rings. The number of halogens is 2. The molecule has 0 fully saturated rings. The van der Waals surface area contributed by atoms with E-state index in [-0.39, 0.29) is 12.4 Å². The fraction of sp³-hybridized carbons (Fsp3) is 0.357. The van der Waals surface area contributed by atoms with E-state index in [1.807, 2.05) is 31.2 Å². The van der Waals surface area contributed by atoms with Gasteiger partial charge in [0.25, 0.3) is 0 Å². The summed E-state index contributed by atoms with van der Waals surface area (Å²) in [4.78, 5) is 0. The Balaban J connectivity index is 0.00000200. The standard InChI is InChI=1S/C14H18FN3O.ClH/c1-2-19-14-5-3-12(4-6-14)9-16-13-10-17-18(11-13)8-7-15;/h3-6,10-11,16H,2,7-9H2,1H3;1H.